The molecule has 1 saturated heterocycles. The summed E-state index contributed by atoms with van der Waals surface area (Å²) in [4.78, 5) is 2.50. The van der Waals surface area contributed by atoms with Gasteiger partial charge in [0.05, 0.1) is 3.57 Å². The zero-order chi connectivity index (χ0) is 11.2. The van der Waals surface area contributed by atoms with E-state index in [1.54, 1.807) is 0 Å². The highest BCUT2D eigenvalue weighted by Gasteiger charge is 2.09. The largest absolute Gasteiger partial charge is 0.491 e. The van der Waals surface area contributed by atoms with Gasteiger partial charge in [0.1, 0.15) is 12.4 Å². The summed E-state index contributed by atoms with van der Waals surface area (Å²) < 4.78 is 6.98. The summed E-state index contributed by atoms with van der Waals surface area (Å²) in [5.74, 6) is 1.01. The number of hydrogen-bond donors (Lipinski definition) is 0. The fourth-order valence-corrected chi connectivity index (χ4v) is 2.57. The molecule has 0 spiro atoms. The second-order valence-electron chi connectivity index (χ2n) is 4.18. The van der Waals surface area contributed by atoms with Crippen LogP contribution in [0.1, 0.15) is 19.3 Å². The van der Waals surface area contributed by atoms with Crippen molar-refractivity contribution in [3.8, 4) is 5.75 Å². The number of benzene rings is 1. The molecule has 0 aliphatic carbocycles. The first kappa shape index (κ1) is 12.2. The lowest BCUT2D eigenvalue weighted by molar-refractivity contribution is 0.183. The number of nitrogens with zero attached hydrogens (tertiary/aromatic N) is 1. The number of rotatable bonds is 4. The standard InChI is InChI=1S/C13H18INO/c14-12-6-2-3-7-13(12)16-11-10-15-8-4-1-5-9-15/h2-3,6-7H,1,4-5,8-11H2. The fraction of sp³-hybridized carbons (Fsp3) is 0.538. The summed E-state index contributed by atoms with van der Waals surface area (Å²) in [5.41, 5.74) is 0. The minimum Gasteiger partial charge on any atom is -0.491 e. The van der Waals surface area contributed by atoms with Gasteiger partial charge in [-0.15, -0.1) is 0 Å². The topological polar surface area (TPSA) is 12.5 Å². The summed E-state index contributed by atoms with van der Waals surface area (Å²) in [7, 11) is 0. The van der Waals surface area contributed by atoms with E-state index in [1.165, 1.54) is 35.9 Å². The van der Waals surface area contributed by atoms with Crippen molar-refractivity contribution in [3.63, 3.8) is 0 Å². The second kappa shape index (κ2) is 6.45. The Balaban J connectivity index is 1.73. The van der Waals surface area contributed by atoms with Crippen molar-refractivity contribution in [1.29, 1.82) is 0 Å². The molecule has 1 heterocycles. The van der Waals surface area contributed by atoms with E-state index in [2.05, 4.69) is 33.6 Å². The Morgan fingerprint density at radius 2 is 1.88 bits per heavy atom. The summed E-state index contributed by atoms with van der Waals surface area (Å²) in [6.45, 7) is 4.36. The van der Waals surface area contributed by atoms with Crippen molar-refractivity contribution in [2.24, 2.45) is 0 Å². The molecule has 1 aliphatic heterocycles. The lowest BCUT2D eigenvalue weighted by atomic mass is 10.1. The molecule has 0 amide bonds. The van der Waals surface area contributed by atoms with Crippen LogP contribution in [-0.4, -0.2) is 31.1 Å². The first-order valence-corrected chi connectivity index (χ1v) is 7.04. The first-order valence-electron chi connectivity index (χ1n) is 5.96. The third-order valence-corrected chi connectivity index (χ3v) is 3.84. The summed E-state index contributed by atoms with van der Waals surface area (Å²) in [6.07, 6.45) is 4.10. The molecule has 1 aromatic rings. The van der Waals surface area contributed by atoms with E-state index < -0.39 is 0 Å². The van der Waals surface area contributed by atoms with Crippen molar-refractivity contribution in [2.75, 3.05) is 26.2 Å². The highest BCUT2D eigenvalue weighted by Crippen LogP contribution is 2.19. The van der Waals surface area contributed by atoms with Crippen LogP contribution in [0, 0.1) is 3.57 Å². The molecule has 0 saturated carbocycles. The smallest absolute Gasteiger partial charge is 0.132 e. The maximum Gasteiger partial charge on any atom is 0.132 e. The summed E-state index contributed by atoms with van der Waals surface area (Å²) in [6, 6.07) is 8.19. The minimum absolute atomic E-state index is 0.806. The van der Waals surface area contributed by atoms with Gasteiger partial charge in [-0.3, -0.25) is 4.90 Å². The van der Waals surface area contributed by atoms with Crippen LogP contribution < -0.4 is 4.74 Å². The van der Waals surface area contributed by atoms with E-state index in [0.717, 1.165) is 18.9 Å². The van der Waals surface area contributed by atoms with Crippen LogP contribution in [0.25, 0.3) is 0 Å². The van der Waals surface area contributed by atoms with Crippen molar-refractivity contribution >= 4 is 22.6 Å². The quantitative estimate of drug-likeness (QED) is 0.786. The van der Waals surface area contributed by atoms with E-state index in [1.807, 2.05) is 18.2 Å². The number of hydrogen-bond acceptors (Lipinski definition) is 2. The normalized spacial score (nSPS) is 17.3. The van der Waals surface area contributed by atoms with Crippen molar-refractivity contribution in [1.82, 2.24) is 4.90 Å². The Kier molecular flexibility index (Phi) is 4.91. The van der Waals surface area contributed by atoms with Gasteiger partial charge in [0.15, 0.2) is 0 Å². The molecule has 0 aromatic heterocycles. The number of halogens is 1. The zero-order valence-corrected chi connectivity index (χ0v) is 11.7. The highest BCUT2D eigenvalue weighted by atomic mass is 127. The van der Waals surface area contributed by atoms with E-state index in [-0.39, 0.29) is 0 Å². The van der Waals surface area contributed by atoms with Crippen LogP contribution in [-0.2, 0) is 0 Å². The molecule has 16 heavy (non-hydrogen) atoms. The van der Waals surface area contributed by atoms with E-state index in [4.69, 9.17) is 4.74 Å². The fourth-order valence-electron chi connectivity index (χ4n) is 2.03. The zero-order valence-electron chi connectivity index (χ0n) is 9.49. The molecule has 0 unspecified atom stereocenters. The molecule has 3 heteroatoms. The van der Waals surface area contributed by atoms with E-state index in [9.17, 15) is 0 Å². The maximum atomic E-state index is 5.79. The molecule has 0 radical (unpaired) electrons. The van der Waals surface area contributed by atoms with Gasteiger partial charge in [0.25, 0.3) is 0 Å². The summed E-state index contributed by atoms with van der Waals surface area (Å²) in [5, 5.41) is 0. The Labute approximate surface area is 111 Å². The van der Waals surface area contributed by atoms with Crippen LogP contribution in [0.5, 0.6) is 5.75 Å². The SMILES string of the molecule is Ic1ccccc1OCCN1CCCCC1. The van der Waals surface area contributed by atoms with Gasteiger partial charge in [-0.2, -0.15) is 0 Å². The van der Waals surface area contributed by atoms with E-state index in [0.29, 0.717) is 0 Å². The molecule has 0 atom stereocenters. The van der Waals surface area contributed by atoms with Gasteiger partial charge in [-0.1, -0.05) is 18.6 Å². The Hall–Kier alpha value is -0.290. The Morgan fingerprint density at radius 3 is 2.62 bits per heavy atom. The Morgan fingerprint density at radius 1 is 1.12 bits per heavy atom. The van der Waals surface area contributed by atoms with Gasteiger partial charge >= 0.3 is 0 Å². The van der Waals surface area contributed by atoms with Crippen LogP contribution in [0.4, 0.5) is 0 Å². The van der Waals surface area contributed by atoms with Crippen LogP contribution in [0.3, 0.4) is 0 Å². The molecule has 0 N–H and O–H groups in total. The summed E-state index contributed by atoms with van der Waals surface area (Å²) >= 11 is 2.32. The van der Waals surface area contributed by atoms with Crippen LogP contribution in [0.2, 0.25) is 0 Å². The number of piperidine rings is 1. The van der Waals surface area contributed by atoms with Crippen LogP contribution >= 0.6 is 22.6 Å². The molecule has 2 nitrogen and oxygen atoms in total. The average molecular weight is 331 g/mol. The molecule has 1 aromatic carbocycles. The monoisotopic (exact) mass is 331 g/mol. The van der Waals surface area contributed by atoms with Gasteiger partial charge in [-0.05, 0) is 60.7 Å². The second-order valence-corrected chi connectivity index (χ2v) is 5.34. The molecule has 1 fully saturated rings. The van der Waals surface area contributed by atoms with Gasteiger partial charge in [0.2, 0.25) is 0 Å². The predicted molar refractivity (Wildman–Crippen MR) is 74.9 cm³/mol. The molecule has 0 bridgehead atoms. The van der Waals surface area contributed by atoms with Gasteiger partial charge in [-0.25, -0.2) is 0 Å². The van der Waals surface area contributed by atoms with Crippen molar-refractivity contribution < 1.29 is 4.74 Å². The van der Waals surface area contributed by atoms with E-state index >= 15 is 0 Å². The Bertz CT molecular complexity index is 323. The molecule has 1 aliphatic rings. The number of likely N-dealkylation sites (tertiary alicyclic amines) is 1. The third-order valence-electron chi connectivity index (χ3n) is 2.95. The molecular weight excluding hydrogens is 313 g/mol. The van der Waals surface area contributed by atoms with Gasteiger partial charge in [0, 0.05) is 6.54 Å². The minimum atomic E-state index is 0.806. The number of ether oxygens (including phenoxy) is 1. The van der Waals surface area contributed by atoms with Gasteiger partial charge < -0.3 is 4.74 Å². The first-order chi connectivity index (χ1) is 7.86. The lowest BCUT2D eigenvalue weighted by Crippen LogP contribution is -2.33. The molecular formula is C13H18INO. The van der Waals surface area contributed by atoms with Crippen LogP contribution in [0.15, 0.2) is 24.3 Å². The molecule has 2 rings (SSSR count). The maximum absolute atomic E-state index is 5.79. The highest BCUT2D eigenvalue weighted by molar-refractivity contribution is 14.1. The van der Waals surface area contributed by atoms with Crippen molar-refractivity contribution in [3.05, 3.63) is 27.8 Å². The number of para-hydroxylation sites is 1. The predicted octanol–water partition coefficient (Wildman–Crippen LogP) is 3.16. The lowest BCUT2D eigenvalue weighted by Gasteiger charge is -2.26. The third kappa shape index (κ3) is 3.63. The molecule has 88 valence electrons. The van der Waals surface area contributed by atoms with Crippen molar-refractivity contribution in [2.45, 2.75) is 19.3 Å². The average Bonchev–Trinajstić information content (AvgIpc) is 2.33.